The molecule has 1 heterocycles. The van der Waals surface area contributed by atoms with Crippen LogP contribution in [0.4, 0.5) is 4.79 Å². The van der Waals surface area contributed by atoms with Gasteiger partial charge in [-0.1, -0.05) is 12.2 Å². The lowest BCUT2D eigenvalue weighted by molar-refractivity contribution is -0.155. The molecule has 0 spiro atoms. The molecular weight excluding hydrogens is 232 g/mol. The van der Waals surface area contributed by atoms with Gasteiger partial charge in [0.15, 0.2) is 0 Å². The van der Waals surface area contributed by atoms with Crippen molar-refractivity contribution in [2.45, 2.75) is 50.9 Å². The van der Waals surface area contributed by atoms with Crippen LogP contribution in [0.2, 0.25) is 0 Å². The van der Waals surface area contributed by atoms with E-state index in [0.717, 1.165) is 32.1 Å². The van der Waals surface area contributed by atoms with Crippen LogP contribution in [0.25, 0.3) is 0 Å². The summed E-state index contributed by atoms with van der Waals surface area (Å²) in [7, 11) is 0. The van der Waals surface area contributed by atoms with E-state index in [9.17, 15) is 4.79 Å². The van der Waals surface area contributed by atoms with E-state index >= 15 is 0 Å². The van der Waals surface area contributed by atoms with Crippen LogP contribution in [0.3, 0.4) is 0 Å². The van der Waals surface area contributed by atoms with Crippen molar-refractivity contribution in [3.05, 3.63) is 12.2 Å². The van der Waals surface area contributed by atoms with Gasteiger partial charge in [0.05, 0.1) is 6.61 Å². The van der Waals surface area contributed by atoms with Crippen molar-refractivity contribution < 1.29 is 19.0 Å². The molecule has 2 fully saturated rings. The second-order valence-electron chi connectivity index (χ2n) is 5.77. The van der Waals surface area contributed by atoms with Crippen molar-refractivity contribution in [2.24, 2.45) is 11.8 Å². The molecule has 0 aromatic heterocycles. The molecule has 4 nitrogen and oxygen atoms in total. The number of ether oxygens (including phenoxy) is 3. The smallest absolute Gasteiger partial charge is 0.427 e. The van der Waals surface area contributed by atoms with Gasteiger partial charge in [-0.25, -0.2) is 4.79 Å². The van der Waals surface area contributed by atoms with Gasteiger partial charge >= 0.3 is 6.16 Å². The summed E-state index contributed by atoms with van der Waals surface area (Å²) >= 11 is 0. The fourth-order valence-electron chi connectivity index (χ4n) is 3.29. The van der Waals surface area contributed by atoms with E-state index in [-0.39, 0.29) is 5.60 Å². The van der Waals surface area contributed by atoms with Crippen LogP contribution < -0.4 is 0 Å². The van der Waals surface area contributed by atoms with Gasteiger partial charge in [0.2, 0.25) is 6.29 Å². The maximum absolute atomic E-state index is 11.8. The zero-order chi connectivity index (χ0) is 12.6. The third-order valence-corrected chi connectivity index (χ3v) is 4.31. The molecule has 1 saturated heterocycles. The summed E-state index contributed by atoms with van der Waals surface area (Å²) in [6.45, 7) is 2.67. The van der Waals surface area contributed by atoms with Gasteiger partial charge in [0.1, 0.15) is 5.60 Å². The Balaban J connectivity index is 1.53. The van der Waals surface area contributed by atoms with Crippen LogP contribution in [-0.2, 0) is 14.2 Å². The molecule has 1 aliphatic heterocycles. The van der Waals surface area contributed by atoms with Crippen molar-refractivity contribution >= 4 is 6.16 Å². The SMILES string of the molecule is CC1(OC(=O)OC2CCCCO2)CC2C=CC1C2. The standard InChI is InChI=1S/C14H20O4/c1-14(9-10-5-6-11(14)8-10)18-13(15)17-12-4-2-3-7-16-12/h5-6,10-12H,2-4,7-9H2,1H3. The van der Waals surface area contributed by atoms with E-state index in [1.807, 2.05) is 6.92 Å². The lowest BCUT2D eigenvalue weighted by Crippen LogP contribution is -2.37. The number of hydrogen-bond acceptors (Lipinski definition) is 4. The molecule has 0 radical (unpaired) electrons. The average Bonchev–Trinajstić information content (AvgIpc) is 2.89. The van der Waals surface area contributed by atoms with Gasteiger partial charge < -0.3 is 14.2 Å². The molecule has 0 aromatic rings. The highest BCUT2D eigenvalue weighted by molar-refractivity contribution is 5.61. The summed E-state index contributed by atoms with van der Waals surface area (Å²) < 4.78 is 16.1. The van der Waals surface area contributed by atoms with Gasteiger partial charge in [-0.15, -0.1) is 0 Å². The van der Waals surface area contributed by atoms with E-state index in [0.29, 0.717) is 18.4 Å². The molecule has 100 valence electrons. The first-order valence-corrected chi connectivity index (χ1v) is 6.85. The molecule has 3 aliphatic rings. The zero-order valence-electron chi connectivity index (χ0n) is 10.8. The number of allylic oxidation sites excluding steroid dienone is 1. The molecule has 1 saturated carbocycles. The van der Waals surface area contributed by atoms with Gasteiger partial charge in [-0.05, 0) is 38.5 Å². The maximum Gasteiger partial charge on any atom is 0.511 e. The largest absolute Gasteiger partial charge is 0.511 e. The molecule has 0 amide bonds. The minimum absolute atomic E-state index is 0.349. The Bertz CT molecular complexity index is 359. The van der Waals surface area contributed by atoms with Crippen LogP contribution in [-0.4, -0.2) is 24.7 Å². The minimum Gasteiger partial charge on any atom is -0.427 e. The topological polar surface area (TPSA) is 44.8 Å². The van der Waals surface area contributed by atoms with Crippen LogP contribution in [0.15, 0.2) is 12.2 Å². The fourth-order valence-corrected chi connectivity index (χ4v) is 3.29. The van der Waals surface area contributed by atoms with E-state index in [2.05, 4.69) is 12.2 Å². The molecule has 0 N–H and O–H groups in total. The third-order valence-electron chi connectivity index (χ3n) is 4.31. The minimum atomic E-state index is -0.578. The van der Waals surface area contributed by atoms with Crippen molar-refractivity contribution in [1.82, 2.24) is 0 Å². The van der Waals surface area contributed by atoms with Crippen LogP contribution >= 0.6 is 0 Å². The number of carbonyl (C=O) groups excluding carboxylic acids is 1. The number of rotatable bonds is 2. The summed E-state index contributed by atoms with van der Waals surface area (Å²) in [6.07, 6.45) is 8.28. The number of carbonyl (C=O) groups is 1. The Kier molecular flexibility index (Phi) is 3.06. The Morgan fingerprint density at radius 2 is 2.28 bits per heavy atom. The Morgan fingerprint density at radius 3 is 2.89 bits per heavy atom. The molecule has 3 rings (SSSR count). The van der Waals surface area contributed by atoms with E-state index in [1.165, 1.54) is 0 Å². The molecule has 4 atom stereocenters. The first-order chi connectivity index (χ1) is 8.66. The zero-order valence-corrected chi connectivity index (χ0v) is 10.8. The molecule has 2 aliphatic carbocycles. The van der Waals surface area contributed by atoms with Crippen molar-refractivity contribution in [1.29, 1.82) is 0 Å². The molecule has 2 bridgehead atoms. The van der Waals surface area contributed by atoms with Crippen molar-refractivity contribution in [3.8, 4) is 0 Å². The van der Waals surface area contributed by atoms with E-state index in [1.54, 1.807) is 0 Å². The van der Waals surface area contributed by atoms with Crippen LogP contribution in [0.1, 0.15) is 39.0 Å². The first kappa shape index (κ1) is 12.0. The van der Waals surface area contributed by atoms with Crippen LogP contribution in [0.5, 0.6) is 0 Å². The first-order valence-electron chi connectivity index (χ1n) is 6.85. The molecule has 18 heavy (non-hydrogen) atoms. The summed E-state index contributed by atoms with van der Waals surface area (Å²) in [6, 6.07) is 0. The normalized spacial score (nSPS) is 41.9. The van der Waals surface area contributed by atoms with Gasteiger partial charge in [0, 0.05) is 12.3 Å². The summed E-state index contributed by atoms with van der Waals surface area (Å²) in [5, 5.41) is 0. The van der Waals surface area contributed by atoms with Gasteiger partial charge in [-0.3, -0.25) is 0 Å². The van der Waals surface area contributed by atoms with Gasteiger partial charge in [0.25, 0.3) is 0 Å². The third kappa shape index (κ3) is 2.26. The highest BCUT2D eigenvalue weighted by atomic mass is 16.8. The Morgan fingerprint density at radius 1 is 1.39 bits per heavy atom. The fraction of sp³-hybridized carbons (Fsp3) is 0.786. The maximum atomic E-state index is 11.8. The predicted molar refractivity (Wildman–Crippen MR) is 64.9 cm³/mol. The second kappa shape index (κ2) is 4.57. The van der Waals surface area contributed by atoms with Crippen molar-refractivity contribution in [2.75, 3.05) is 6.61 Å². The lowest BCUT2D eigenvalue weighted by atomic mass is 9.90. The number of hydrogen-bond donors (Lipinski definition) is 0. The average molecular weight is 252 g/mol. The van der Waals surface area contributed by atoms with Gasteiger partial charge in [-0.2, -0.15) is 0 Å². The molecule has 4 unspecified atom stereocenters. The summed E-state index contributed by atoms with van der Waals surface area (Å²) in [5.74, 6) is 0.918. The van der Waals surface area contributed by atoms with E-state index in [4.69, 9.17) is 14.2 Å². The Labute approximate surface area is 107 Å². The Hall–Kier alpha value is -1.03. The quantitative estimate of drug-likeness (QED) is 0.559. The molecule has 0 aromatic carbocycles. The highest BCUT2D eigenvalue weighted by Crippen LogP contribution is 2.48. The summed E-state index contributed by atoms with van der Waals surface area (Å²) in [5.41, 5.74) is -0.384. The monoisotopic (exact) mass is 252 g/mol. The summed E-state index contributed by atoms with van der Waals surface area (Å²) in [4.78, 5) is 11.8. The van der Waals surface area contributed by atoms with Crippen molar-refractivity contribution in [3.63, 3.8) is 0 Å². The van der Waals surface area contributed by atoms with E-state index < -0.39 is 12.4 Å². The van der Waals surface area contributed by atoms with Crippen LogP contribution in [0, 0.1) is 11.8 Å². The molecular formula is C14H20O4. The second-order valence-corrected chi connectivity index (χ2v) is 5.77. The lowest BCUT2D eigenvalue weighted by Gasteiger charge is -2.31. The molecule has 4 heteroatoms. The predicted octanol–water partition coefficient (Wildman–Crippen LogP) is 3.02. The number of fused-ring (bicyclic) bond motifs is 2. The highest BCUT2D eigenvalue weighted by Gasteiger charge is 2.48.